The second kappa shape index (κ2) is 4.92. The number of benzene rings is 1. The van der Waals surface area contributed by atoms with Gasteiger partial charge in [0.2, 0.25) is 0 Å². The van der Waals surface area contributed by atoms with Crippen LogP contribution < -0.4 is 0 Å². The van der Waals surface area contributed by atoms with Gasteiger partial charge in [0.1, 0.15) is 5.15 Å². The second-order valence-electron chi connectivity index (χ2n) is 4.81. The van der Waals surface area contributed by atoms with Gasteiger partial charge < -0.3 is 0 Å². The third-order valence-corrected chi connectivity index (χ3v) is 2.85. The molecule has 90 valence electrons. The molecule has 2 aromatic rings. The highest BCUT2D eigenvalue weighted by Gasteiger charge is 2.09. The first-order valence-corrected chi connectivity index (χ1v) is 6.25. The highest BCUT2D eigenvalue weighted by Crippen LogP contribution is 2.19. The summed E-state index contributed by atoms with van der Waals surface area (Å²) in [4.78, 5) is 0. The molecule has 0 saturated heterocycles. The lowest BCUT2D eigenvalue weighted by Gasteiger charge is -2.04. The minimum Gasteiger partial charge on any atom is -0.222 e. The van der Waals surface area contributed by atoms with E-state index in [1.807, 2.05) is 18.2 Å². The molecule has 3 heteroatoms. The highest BCUT2D eigenvalue weighted by molar-refractivity contribution is 6.29. The van der Waals surface area contributed by atoms with Gasteiger partial charge in [0, 0.05) is 0 Å². The van der Waals surface area contributed by atoms with Crippen LogP contribution in [0.25, 0.3) is 5.69 Å². The van der Waals surface area contributed by atoms with Crippen LogP contribution in [0.3, 0.4) is 0 Å². The Bertz CT molecular complexity index is 515. The van der Waals surface area contributed by atoms with Gasteiger partial charge in [-0.15, -0.1) is 0 Å². The molecule has 0 aliphatic rings. The number of aromatic nitrogens is 2. The summed E-state index contributed by atoms with van der Waals surface area (Å²) in [5.74, 6) is 0.590. The average Bonchev–Trinajstić information content (AvgIpc) is 2.58. The van der Waals surface area contributed by atoms with E-state index in [1.54, 1.807) is 4.68 Å². The smallest absolute Gasteiger partial charge is 0.133 e. The van der Waals surface area contributed by atoms with Gasteiger partial charge >= 0.3 is 0 Å². The van der Waals surface area contributed by atoms with Crippen molar-refractivity contribution in [3.05, 3.63) is 46.7 Å². The first-order chi connectivity index (χ1) is 8.06. The van der Waals surface area contributed by atoms with Crippen LogP contribution >= 0.6 is 11.6 Å². The van der Waals surface area contributed by atoms with Crippen molar-refractivity contribution in [2.24, 2.45) is 5.92 Å². The third kappa shape index (κ3) is 2.89. The maximum Gasteiger partial charge on any atom is 0.133 e. The quantitative estimate of drug-likeness (QED) is 0.802. The van der Waals surface area contributed by atoms with E-state index in [2.05, 4.69) is 38.0 Å². The molecular formula is C14H17ClN2. The number of hydrogen-bond acceptors (Lipinski definition) is 1. The van der Waals surface area contributed by atoms with Gasteiger partial charge in [-0.3, -0.25) is 0 Å². The summed E-state index contributed by atoms with van der Waals surface area (Å²) in [5.41, 5.74) is 3.27. The maximum absolute atomic E-state index is 6.22. The summed E-state index contributed by atoms with van der Waals surface area (Å²) >= 11 is 6.22. The lowest BCUT2D eigenvalue weighted by Crippen LogP contribution is -1.99. The number of aryl methyl sites for hydroxylation is 1. The van der Waals surface area contributed by atoms with Crippen molar-refractivity contribution in [2.45, 2.75) is 27.2 Å². The monoisotopic (exact) mass is 248 g/mol. The van der Waals surface area contributed by atoms with Crippen LogP contribution in [0, 0.1) is 12.8 Å². The van der Waals surface area contributed by atoms with Gasteiger partial charge in [-0.05, 0) is 43.0 Å². The van der Waals surface area contributed by atoms with Crippen molar-refractivity contribution in [1.29, 1.82) is 0 Å². The van der Waals surface area contributed by atoms with Crippen molar-refractivity contribution in [3.8, 4) is 5.69 Å². The molecule has 1 aromatic carbocycles. The van der Waals surface area contributed by atoms with Gasteiger partial charge in [0.15, 0.2) is 0 Å². The van der Waals surface area contributed by atoms with Crippen LogP contribution in [0.2, 0.25) is 5.15 Å². The first kappa shape index (κ1) is 12.2. The fourth-order valence-corrected chi connectivity index (χ4v) is 2.12. The zero-order chi connectivity index (χ0) is 12.4. The van der Waals surface area contributed by atoms with E-state index in [9.17, 15) is 0 Å². The lowest BCUT2D eigenvalue weighted by atomic mass is 10.1. The predicted octanol–water partition coefficient (Wildman–Crippen LogP) is 4.03. The van der Waals surface area contributed by atoms with Crippen molar-refractivity contribution >= 4 is 11.6 Å². The maximum atomic E-state index is 6.22. The van der Waals surface area contributed by atoms with Crippen LogP contribution in [-0.2, 0) is 6.42 Å². The van der Waals surface area contributed by atoms with E-state index in [4.69, 9.17) is 11.6 Å². The van der Waals surface area contributed by atoms with E-state index < -0.39 is 0 Å². The molecule has 0 radical (unpaired) electrons. The minimum atomic E-state index is 0.590. The molecule has 0 aliphatic carbocycles. The Balaban J connectivity index is 2.36. The summed E-state index contributed by atoms with van der Waals surface area (Å²) in [5, 5.41) is 5.22. The Labute approximate surface area is 107 Å². The van der Waals surface area contributed by atoms with E-state index in [0.29, 0.717) is 11.1 Å². The molecule has 2 nitrogen and oxygen atoms in total. The van der Waals surface area contributed by atoms with E-state index in [0.717, 1.165) is 17.8 Å². The summed E-state index contributed by atoms with van der Waals surface area (Å²) in [6.45, 7) is 6.43. The zero-order valence-electron chi connectivity index (χ0n) is 10.4. The lowest BCUT2D eigenvalue weighted by molar-refractivity contribution is 0.628. The number of nitrogens with zero attached hydrogens (tertiary/aromatic N) is 2. The zero-order valence-corrected chi connectivity index (χ0v) is 11.2. The summed E-state index contributed by atoms with van der Waals surface area (Å²) in [6, 6.07) is 10.1. The van der Waals surface area contributed by atoms with Crippen LogP contribution in [0.15, 0.2) is 30.3 Å². The van der Waals surface area contributed by atoms with Gasteiger partial charge in [0.05, 0.1) is 11.4 Å². The highest BCUT2D eigenvalue weighted by atomic mass is 35.5. The Hall–Kier alpha value is -1.28. The predicted molar refractivity (Wildman–Crippen MR) is 71.9 cm³/mol. The molecule has 0 N–H and O–H groups in total. The van der Waals surface area contributed by atoms with E-state index >= 15 is 0 Å². The normalized spacial score (nSPS) is 11.1. The van der Waals surface area contributed by atoms with Crippen molar-refractivity contribution in [2.75, 3.05) is 0 Å². The molecule has 0 amide bonds. The third-order valence-electron chi connectivity index (χ3n) is 2.58. The van der Waals surface area contributed by atoms with Gasteiger partial charge in [-0.2, -0.15) is 5.10 Å². The molecule has 0 unspecified atom stereocenters. The SMILES string of the molecule is Cc1cccc(-n2nc(CC(C)C)cc2Cl)c1. The topological polar surface area (TPSA) is 17.8 Å². The molecule has 0 saturated carbocycles. The Morgan fingerprint density at radius 3 is 2.71 bits per heavy atom. The van der Waals surface area contributed by atoms with Gasteiger partial charge in [-0.25, -0.2) is 4.68 Å². The number of halogens is 1. The fourth-order valence-electron chi connectivity index (χ4n) is 1.86. The number of hydrogen-bond donors (Lipinski definition) is 0. The number of rotatable bonds is 3. The van der Waals surface area contributed by atoms with E-state index in [-0.39, 0.29) is 0 Å². The molecular weight excluding hydrogens is 232 g/mol. The molecule has 0 aliphatic heterocycles. The molecule has 0 fully saturated rings. The Morgan fingerprint density at radius 2 is 2.06 bits per heavy atom. The average molecular weight is 249 g/mol. The molecule has 0 bridgehead atoms. The van der Waals surface area contributed by atoms with Crippen LogP contribution in [0.5, 0.6) is 0 Å². The summed E-state index contributed by atoms with van der Waals surface area (Å²) in [6.07, 6.45) is 0.957. The summed E-state index contributed by atoms with van der Waals surface area (Å²) < 4.78 is 1.80. The molecule has 17 heavy (non-hydrogen) atoms. The van der Waals surface area contributed by atoms with Crippen molar-refractivity contribution < 1.29 is 0 Å². The second-order valence-corrected chi connectivity index (χ2v) is 5.19. The van der Waals surface area contributed by atoms with Gasteiger partial charge in [-0.1, -0.05) is 37.6 Å². The molecule has 1 heterocycles. The Morgan fingerprint density at radius 1 is 1.29 bits per heavy atom. The van der Waals surface area contributed by atoms with Crippen molar-refractivity contribution in [3.63, 3.8) is 0 Å². The van der Waals surface area contributed by atoms with E-state index in [1.165, 1.54) is 5.56 Å². The van der Waals surface area contributed by atoms with Crippen LogP contribution in [0.1, 0.15) is 25.1 Å². The first-order valence-electron chi connectivity index (χ1n) is 5.88. The van der Waals surface area contributed by atoms with Crippen LogP contribution in [0.4, 0.5) is 0 Å². The minimum absolute atomic E-state index is 0.590. The standard InChI is InChI=1S/C14H17ClN2/c1-10(2)7-12-9-14(15)17(16-12)13-6-4-5-11(3)8-13/h4-6,8-10H,7H2,1-3H3. The van der Waals surface area contributed by atoms with Crippen molar-refractivity contribution in [1.82, 2.24) is 9.78 Å². The fraction of sp³-hybridized carbons (Fsp3) is 0.357. The molecule has 2 rings (SSSR count). The van der Waals surface area contributed by atoms with Crippen LogP contribution in [-0.4, -0.2) is 9.78 Å². The molecule has 1 aromatic heterocycles. The largest absolute Gasteiger partial charge is 0.222 e. The summed E-state index contributed by atoms with van der Waals surface area (Å²) in [7, 11) is 0. The molecule has 0 spiro atoms. The van der Waals surface area contributed by atoms with Gasteiger partial charge in [0.25, 0.3) is 0 Å². The Kier molecular flexibility index (Phi) is 3.53. The molecule has 0 atom stereocenters.